The van der Waals surface area contributed by atoms with Gasteiger partial charge in [-0.1, -0.05) is 10.3 Å². The molecule has 0 aliphatic rings. The van der Waals surface area contributed by atoms with Gasteiger partial charge in [0.1, 0.15) is 11.4 Å². The Hall–Kier alpha value is -0.940. The Morgan fingerprint density at radius 2 is 2.33 bits per heavy atom. The highest BCUT2D eigenvalue weighted by molar-refractivity contribution is 5.03. The first kappa shape index (κ1) is 9.15. The molecule has 0 bridgehead atoms. The SMILES string of the molecule is Cc1nonc1CNC(C)CO. The average molecular weight is 171 g/mol. The number of aliphatic hydroxyl groups excluding tert-OH is 1. The Kier molecular flexibility index (Phi) is 3.19. The normalized spacial score (nSPS) is 13.2. The van der Waals surface area contributed by atoms with E-state index in [4.69, 9.17) is 5.11 Å². The van der Waals surface area contributed by atoms with E-state index in [0.717, 1.165) is 11.4 Å². The standard InChI is InChI=1S/C7H13N3O2/c1-5(4-11)8-3-7-6(2)9-12-10-7/h5,8,11H,3-4H2,1-2H3. The zero-order valence-corrected chi connectivity index (χ0v) is 7.24. The fraction of sp³-hybridized carbons (Fsp3) is 0.714. The van der Waals surface area contributed by atoms with Crippen LogP contribution < -0.4 is 5.32 Å². The lowest BCUT2D eigenvalue weighted by atomic mass is 10.3. The zero-order valence-electron chi connectivity index (χ0n) is 7.24. The predicted molar refractivity (Wildman–Crippen MR) is 42.4 cm³/mol. The van der Waals surface area contributed by atoms with Crippen molar-refractivity contribution in [2.24, 2.45) is 0 Å². The molecule has 1 aromatic heterocycles. The number of aromatic nitrogens is 2. The highest BCUT2D eigenvalue weighted by atomic mass is 16.6. The first-order chi connectivity index (χ1) is 5.74. The fourth-order valence-corrected chi connectivity index (χ4v) is 0.745. The van der Waals surface area contributed by atoms with Crippen LogP contribution in [0.3, 0.4) is 0 Å². The fourth-order valence-electron chi connectivity index (χ4n) is 0.745. The predicted octanol–water partition coefficient (Wildman–Crippen LogP) is -0.152. The molecule has 5 heteroatoms. The third kappa shape index (κ3) is 2.28. The summed E-state index contributed by atoms with van der Waals surface area (Å²) in [5.41, 5.74) is 1.57. The number of rotatable bonds is 4. The number of hydrogen-bond donors (Lipinski definition) is 2. The van der Waals surface area contributed by atoms with Crippen molar-refractivity contribution < 1.29 is 9.74 Å². The average Bonchev–Trinajstić information content (AvgIpc) is 2.47. The van der Waals surface area contributed by atoms with E-state index in [2.05, 4.69) is 20.3 Å². The molecule has 0 amide bonds. The molecule has 1 rings (SSSR count). The monoisotopic (exact) mass is 171 g/mol. The summed E-state index contributed by atoms with van der Waals surface area (Å²) in [6.07, 6.45) is 0. The quantitative estimate of drug-likeness (QED) is 0.659. The summed E-state index contributed by atoms with van der Waals surface area (Å²) in [5.74, 6) is 0. The Bertz CT molecular complexity index is 236. The van der Waals surface area contributed by atoms with Gasteiger partial charge in [-0.05, 0) is 13.8 Å². The van der Waals surface area contributed by atoms with Gasteiger partial charge in [0.05, 0.1) is 6.61 Å². The van der Waals surface area contributed by atoms with E-state index in [-0.39, 0.29) is 12.6 Å². The molecule has 1 atom stereocenters. The molecule has 12 heavy (non-hydrogen) atoms. The lowest BCUT2D eigenvalue weighted by Gasteiger charge is -2.07. The maximum atomic E-state index is 8.71. The van der Waals surface area contributed by atoms with E-state index in [1.165, 1.54) is 0 Å². The van der Waals surface area contributed by atoms with E-state index < -0.39 is 0 Å². The molecule has 0 saturated carbocycles. The molecule has 0 radical (unpaired) electrons. The third-order valence-corrected chi connectivity index (χ3v) is 1.64. The van der Waals surface area contributed by atoms with Gasteiger partial charge in [-0.25, -0.2) is 4.63 Å². The summed E-state index contributed by atoms with van der Waals surface area (Å²) in [5, 5.41) is 19.1. The van der Waals surface area contributed by atoms with Gasteiger partial charge in [-0.2, -0.15) is 0 Å². The molecule has 0 aromatic carbocycles. The lowest BCUT2D eigenvalue weighted by Crippen LogP contribution is -2.29. The van der Waals surface area contributed by atoms with Crippen LogP contribution in [0.4, 0.5) is 0 Å². The van der Waals surface area contributed by atoms with Crippen LogP contribution in [0.15, 0.2) is 4.63 Å². The Labute approximate surface area is 70.7 Å². The molecule has 1 unspecified atom stereocenters. The molecule has 0 aliphatic carbocycles. The minimum absolute atomic E-state index is 0.0705. The molecule has 0 saturated heterocycles. The van der Waals surface area contributed by atoms with Crippen LogP contribution >= 0.6 is 0 Å². The van der Waals surface area contributed by atoms with Crippen molar-refractivity contribution in [3.8, 4) is 0 Å². The summed E-state index contributed by atoms with van der Waals surface area (Å²) in [4.78, 5) is 0. The van der Waals surface area contributed by atoms with Crippen molar-refractivity contribution in [2.75, 3.05) is 6.61 Å². The smallest absolute Gasteiger partial charge is 0.121 e. The highest BCUT2D eigenvalue weighted by Crippen LogP contribution is 1.99. The van der Waals surface area contributed by atoms with Crippen LogP contribution in [0.5, 0.6) is 0 Å². The van der Waals surface area contributed by atoms with Gasteiger partial charge in [0.25, 0.3) is 0 Å². The van der Waals surface area contributed by atoms with Gasteiger partial charge in [0.15, 0.2) is 0 Å². The van der Waals surface area contributed by atoms with Crippen LogP contribution in [0.25, 0.3) is 0 Å². The minimum Gasteiger partial charge on any atom is -0.395 e. The largest absolute Gasteiger partial charge is 0.395 e. The second kappa shape index (κ2) is 4.18. The summed E-state index contributed by atoms with van der Waals surface area (Å²) < 4.78 is 4.51. The van der Waals surface area contributed by atoms with Gasteiger partial charge in [0.2, 0.25) is 0 Å². The molecule has 1 heterocycles. The van der Waals surface area contributed by atoms with Crippen LogP contribution in [0.1, 0.15) is 18.3 Å². The van der Waals surface area contributed by atoms with E-state index in [1.807, 2.05) is 13.8 Å². The van der Waals surface area contributed by atoms with Crippen molar-refractivity contribution >= 4 is 0 Å². The third-order valence-electron chi connectivity index (χ3n) is 1.64. The summed E-state index contributed by atoms with van der Waals surface area (Å²) in [6.45, 7) is 4.42. The lowest BCUT2D eigenvalue weighted by molar-refractivity contribution is 0.249. The molecule has 0 aliphatic heterocycles. The number of aliphatic hydroxyl groups is 1. The molecule has 68 valence electrons. The zero-order chi connectivity index (χ0) is 8.97. The number of aryl methyl sites for hydroxylation is 1. The molecular weight excluding hydrogens is 158 g/mol. The Morgan fingerprint density at radius 3 is 2.83 bits per heavy atom. The molecule has 2 N–H and O–H groups in total. The molecule has 0 spiro atoms. The van der Waals surface area contributed by atoms with E-state index in [0.29, 0.717) is 6.54 Å². The second-order valence-electron chi connectivity index (χ2n) is 2.76. The van der Waals surface area contributed by atoms with Crippen LogP contribution in [0.2, 0.25) is 0 Å². The van der Waals surface area contributed by atoms with Crippen LogP contribution in [0, 0.1) is 6.92 Å². The van der Waals surface area contributed by atoms with Crippen molar-refractivity contribution in [2.45, 2.75) is 26.4 Å². The molecular formula is C7H13N3O2. The number of nitrogens with one attached hydrogen (secondary N) is 1. The maximum Gasteiger partial charge on any atom is 0.121 e. The topological polar surface area (TPSA) is 71.2 Å². The summed E-state index contributed by atoms with van der Waals surface area (Å²) >= 11 is 0. The number of nitrogens with zero attached hydrogens (tertiary/aromatic N) is 2. The molecule has 0 fully saturated rings. The van der Waals surface area contributed by atoms with Gasteiger partial charge in [-0.3, -0.25) is 0 Å². The van der Waals surface area contributed by atoms with Crippen molar-refractivity contribution in [1.29, 1.82) is 0 Å². The van der Waals surface area contributed by atoms with Crippen molar-refractivity contribution in [1.82, 2.24) is 15.6 Å². The summed E-state index contributed by atoms with van der Waals surface area (Å²) in [7, 11) is 0. The number of hydrogen-bond acceptors (Lipinski definition) is 5. The van der Waals surface area contributed by atoms with E-state index >= 15 is 0 Å². The van der Waals surface area contributed by atoms with Gasteiger partial charge >= 0.3 is 0 Å². The Morgan fingerprint density at radius 1 is 1.58 bits per heavy atom. The van der Waals surface area contributed by atoms with Crippen LogP contribution in [-0.2, 0) is 6.54 Å². The first-order valence-corrected chi connectivity index (χ1v) is 3.86. The minimum atomic E-state index is 0.0705. The molecule has 5 nitrogen and oxygen atoms in total. The van der Waals surface area contributed by atoms with Gasteiger partial charge < -0.3 is 10.4 Å². The van der Waals surface area contributed by atoms with Crippen molar-refractivity contribution in [3.05, 3.63) is 11.4 Å². The summed E-state index contributed by atoms with van der Waals surface area (Å²) in [6, 6.07) is 0.0705. The molecule has 1 aromatic rings. The van der Waals surface area contributed by atoms with Crippen LogP contribution in [-0.4, -0.2) is 28.1 Å². The van der Waals surface area contributed by atoms with Gasteiger partial charge in [-0.15, -0.1) is 0 Å². The highest BCUT2D eigenvalue weighted by Gasteiger charge is 2.05. The Balaban J connectivity index is 2.38. The van der Waals surface area contributed by atoms with E-state index in [1.54, 1.807) is 0 Å². The first-order valence-electron chi connectivity index (χ1n) is 3.86. The van der Waals surface area contributed by atoms with Gasteiger partial charge in [0, 0.05) is 12.6 Å². The van der Waals surface area contributed by atoms with E-state index in [9.17, 15) is 0 Å². The second-order valence-corrected chi connectivity index (χ2v) is 2.76. The van der Waals surface area contributed by atoms with Crippen molar-refractivity contribution in [3.63, 3.8) is 0 Å². The maximum absolute atomic E-state index is 8.71.